The summed E-state index contributed by atoms with van der Waals surface area (Å²) in [5.74, 6) is 1.29. The predicted molar refractivity (Wildman–Crippen MR) is 98.5 cm³/mol. The number of aliphatic hydroxyl groups excluding tert-OH is 1. The van der Waals surface area contributed by atoms with Crippen LogP contribution in [0.25, 0.3) is 0 Å². The van der Waals surface area contributed by atoms with Crippen LogP contribution in [0.3, 0.4) is 0 Å². The number of rotatable bonds is 6. The maximum Gasteiger partial charge on any atom is 0.319 e. The first-order chi connectivity index (χ1) is 12.0. The van der Waals surface area contributed by atoms with Crippen molar-refractivity contribution in [1.82, 2.24) is 5.32 Å². The lowest BCUT2D eigenvalue weighted by Gasteiger charge is -2.30. The molecule has 0 aromatic heterocycles. The quantitative estimate of drug-likeness (QED) is 0.739. The number of ether oxygens (including phenoxy) is 1. The highest BCUT2D eigenvalue weighted by Crippen LogP contribution is 2.48. The van der Waals surface area contributed by atoms with E-state index in [2.05, 4.69) is 10.6 Å². The summed E-state index contributed by atoms with van der Waals surface area (Å²) in [6.45, 7) is 6.73. The first-order valence-corrected chi connectivity index (χ1v) is 9.38. The summed E-state index contributed by atoms with van der Waals surface area (Å²) in [4.78, 5) is 12.5. The molecule has 1 aromatic rings. The van der Waals surface area contributed by atoms with Crippen LogP contribution < -0.4 is 10.6 Å². The lowest BCUT2D eigenvalue weighted by Crippen LogP contribution is -2.46. The Morgan fingerprint density at radius 2 is 2.08 bits per heavy atom. The van der Waals surface area contributed by atoms with Gasteiger partial charge in [-0.2, -0.15) is 0 Å². The van der Waals surface area contributed by atoms with Crippen molar-refractivity contribution < 1.29 is 14.6 Å². The van der Waals surface area contributed by atoms with Crippen molar-refractivity contribution in [2.45, 2.75) is 58.8 Å². The molecule has 2 fully saturated rings. The topological polar surface area (TPSA) is 70.6 Å². The molecule has 2 amide bonds. The van der Waals surface area contributed by atoms with Crippen LogP contribution in [0.2, 0.25) is 0 Å². The van der Waals surface area contributed by atoms with E-state index in [1.54, 1.807) is 0 Å². The third kappa shape index (κ3) is 3.98. The van der Waals surface area contributed by atoms with Gasteiger partial charge in [-0.3, -0.25) is 0 Å². The summed E-state index contributed by atoms with van der Waals surface area (Å²) in [6, 6.07) is 5.80. The fraction of sp³-hybridized carbons (Fsp3) is 0.650. The summed E-state index contributed by atoms with van der Waals surface area (Å²) in [7, 11) is 0. The molecule has 2 aliphatic carbocycles. The third-order valence-corrected chi connectivity index (χ3v) is 5.86. The number of nitrogens with one attached hydrogen (secondary N) is 2. The van der Waals surface area contributed by atoms with Gasteiger partial charge >= 0.3 is 6.03 Å². The molecule has 5 heteroatoms. The Kier molecular flexibility index (Phi) is 5.64. The van der Waals surface area contributed by atoms with Gasteiger partial charge in [0.25, 0.3) is 0 Å². The molecule has 0 spiro atoms. The van der Waals surface area contributed by atoms with Crippen molar-refractivity contribution in [1.29, 1.82) is 0 Å². The van der Waals surface area contributed by atoms with Gasteiger partial charge in [0.1, 0.15) is 0 Å². The van der Waals surface area contributed by atoms with Crippen molar-refractivity contribution >= 4 is 11.7 Å². The van der Waals surface area contributed by atoms with Crippen LogP contribution in [-0.2, 0) is 11.3 Å². The SMILES string of the molecule is Cc1c(COC(C)C)cccc1NC(=O)NC1C2CCC(C2)C1CO. The summed E-state index contributed by atoms with van der Waals surface area (Å²) >= 11 is 0. The number of hydrogen-bond donors (Lipinski definition) is 3. The van der Waals surface area contributed by atoms with Crippen LogP contribution in [0.4, 0.5) is 10.5 Å². The highest BCUT2D eigenvalue weighted by molar-refractivity contribution is 5.90. The second kappa shape index (κ2) is 7.75. The average molecular weight is 346 g/mol. The highest BCUT2D eigenvalue weighted by atomic mass is 16.5. The van der Waals surface area contributed by atoms with Gasteiger partial charge < -0.3 is 20.5 Å². The first kappa shape index (κ1) is 18.2. The van der Waals surface area contributed by atoms with E-state index in [1.807, 2.05) is 39.0 Å². The van der Waals surface area contributed by atoms with Gasteiger partial charge in [-0.05, 0) is 69.1 Å². The number of anilines is 1. The number of amides is 2. The second-order valence-corrected chi connectivity index (χ2v) is 7.75. The maximum absolute atomic E-state index is 12.5. The molecule has 3 rings (SSSR count). The van der Waals surface area contributed by atoms with Gasteiger partial charge in [-0.25, -0.2) is 4.79 Å². The molecule has 0 saturated heterocycles. The van der Waals surface area contributed by atoms with Crippen molar-refractivity contribution in [3.63, 3.8) is 0 Å². The molecular weight excluding hydrogens is 316 g/mol. The normalized spacial score (nSPS) is 27.7. The number of fused-ring (bicyclic) bond motifs is 2. The molecule has 0 radical (unpaired) electrons. The lowest BCUT2D eigenvalue weighted by molar-refractivity contribution is 0.0654. The molecule has 1 aromatic carbocycles. The fourth-order valence-electron chi connectivity index (χ4n) is 4.44. The Hall–Kier alpha value is -1.59. The monoisotopic (exact) mass is 346 g/mol. The van der Waals surface area contributed by atoms with E-state index in [4.69, 9.17) is 4.74 Å². The minimum absolute atomic E-state index is 0.0940. The molecule has 2 aliphatic rings. The largest absolute Gasteiger partial charge is 0.396 e. The van der Waals surface area contributed by atoms with Gasteiger partial charge in [0.2, 0.25) is 0 Å². The van der Waals surface area contributed by atoms with Crippen LogP contribution >= 0.6 is 0 Å². The molecule has 4 unspecified atom stereocenters. The summed E-state index contributed by atoms with van der Waals surface area (Å²) in [5, 5.41) is 15.8. The molecule has 0 heterocycles. The number of aliphatic hydroxyl groups is 1. The smallest absolute Gasteiger partial charge is 0.319 e. The van der Waals surface area contributed by atoms with Crippen LogP contribution in [0.5, 0.6) is 0 Å². The zero-order valence-electron chi connectivity index (χ0n) is 15.4. The molecule has 4 atom stereocenters. The number of carbonyl (C=O) groups excluding carboxylic acids is 1. The molecule has 5 nitrogen and oxygen atoms in total. The molecule has 3 N–H and O–H groups in total. The van der Waals surface area contributed by atoms with Gasteiger partial charge in [-0.15, -0.1) is 0 Å². The van der Waals surface area contributed by atoms with Crippen molar-refractivity contribution in [3.8, 4) is 0 Å². The van der Waals surface area contributed by atoms with E-state index in [-0.39, 0.29) is 30.7 Å². The zero-order chi connectivity index (χ0) is 18.0. The van der Waals surface area contributed by atoms with Gasteiger partial charge in [0.15, 0.2) is 0 Å². The van der Waals surface area contributed by atoms with Gasteiger partial charge in [0.05, 0.1) is 12.7 Å². The van der Waals surface area contributed by atoms with Crippen LogP contribution in [0.15, 0.2) is 18.2 Å². The van der Waals surface area contributed by atoms with Crippen molar-refractivity contribution in [2.75, 3.05) is 11.9 Å². The molecule has 2 bridgehead atoms. The standard InChI is InChI=1S/C20H30N2O3/c1-12(2)25-11-16-5-4-6-18(13(16)3)21-20(24)22-19-15-8-7-14(9-15)17(19)10-23/h4-6,12,14-15,17,19,23H,7-11H2,1-3H3,(H2,21,22,24). The number of urea groups is 1. The third-order valence-electron chi connectivity index (χ3n) is 5.86. The van der Waals surface area contributed by atoms with Gasteiger partial charge in [0, 0.05) is 24.3 Å². The van der Waals surface area contributed by atoms with Crippen molar-refractivity contribution in [3.05, 3.63) is 29.3 Å². The van der Waals surface area contributed by atoms with E-state index in [0.717, 1.165) is 29.7 Å². The Morgan fingerprint density at radius 3 is 2.80 bits per heavy atom. The Balaban J connectivity index is 1.62. The van der Waals surface area contributed by atoms with E-state index < -0.39 is 0 Å². The lowest BCUT2D eigenvalue weighted by atomic mass is 9.85. The molecule has 2 saturated carbocycles. The van der Waals surface area contributed by atoms with Crippen molar-refractivity contribution in [2.24, 2.45) is 17.8 Å². The first-order valence-electron chi connectivity index (χ1n) is 9.38. The number of benzene rings is 1. The average Bonchev–Trinajstić information content (AvgIpc) is 3.16. The van der Waals surface area contributed by atoms with E-state index in [9.17, 15) is 9.90 Å². The van der Waals surface area contributed by atoms with E-state index in [1.165, 1.54) is 6.42 Å². The molecular formula is C20H30N2O3. The predicted octanol–water partition coefficient (Wildman–Crippen LogP) is 3.45. The molecule has 0 aliphatic heterocycles. The fourth-order valence-corrected chi connectivity index (χ4v) is 4.44. The summed E-state index contributed by atoms with van der Waals surface area (Å²) in [5.41, 5.74) is 2.93. The maximum atomic E-state index is 12.5. The Bertz CT molecular complexity index is 617. The number of carbonyl (C=O) groups is 1. The Morgan fingerprint density at radius 1 is 1.32 bits per heavy atom. The number of hydrogen-bond acceptors (Lipinski definition) is 3. The van der Waals surface area contributed by atoms with E-state index >= 15 is 0 Å². The summed E-state index contributed by atoms with van der Waals surface area (Å²) in [6.07, 6.45) is 3.66. The minimum atomic E-state index is -0.180. The second-order valence-electron chi connectivity index (χ2n) is 7.75. The Labute approximate surface area is 150 Å². The molecule has 138 valence electrons. The summed E-state index contributed by atoms with van der Waals surface area (Å²) < 4.78 is 5.68. The zero-order valence-corrected chi connectivity index (χ0v) is 15.4. The van der Waals surface area contributed by atoms with Crippen LogP contribution in [0.1, 0.15) is 44.2 Å². The van der Waals surface area contributed by atoms with Crippen LogP contribution in [-0.4, -0.2) is 29.9 Å². The molecule has 25 heavy (non-hydrogen) atoms. The van der Waals surface area contributed by atoms with Gasteiger partial charge in [-0.1, -0.05) is 12.1 Å². The van der Waals surface area contributed by atoms with Crippen LogP contribution in [0, 0.1) is 24.7 Å². The minimum Gasteiger partial charge on any atom is -0.396 e. The van der Waals surface area contributed by atoms with E-state index in [0.29, 0.717) is 18.4 Å². The highest BCUT2D eigenvalue weighted by Gasteiger charge is 2.47.